The van der Waals surface area contributed by atoms with Gasteiger partial charge in [0, 0.05) is 22.8 Å². The average molecular weight is 474 g/mol. The zero-order valence-electron chi connectivity index (χ0n) is 18.0. The molecule has 1 aromatic heterocycles. The van der Waals surface area contributed by atoms with Gasteiger partial charge in [-0.15, -0.1) is 10.2 Å². The monoisotopic (exact) mass is 473 g/mol. The molecule has 3 aromatic rings. The minimum absolute atomic E-state index is 0.164. The number of hydrogen-bond acceptors (Lipinski definition) is 6. The van der Waals surface area contributed by atoms with Crippen molar-refractivity contribution in [2.45, 2.75) is 31.6 Å². The van der Waals surface area contributed by atoms with E-state index >= 15 is 0 Å². The van der Waals surface area contributed by atoms with Crippen LogP contribution in [0.15, 0.2) is 53.7 Å². The number of methoxy groups -OCH3 is 1. The third-order valence-corrected chi connectivity index (χ3v) is 5.79. The number of aromatic nitrogens is 3. The van der Waals surface area contributed by atoms with E-state index < -0.39 is 0 Å². The van der Waals surface area contributed by atoms with Crippen molar-refractivity contribution < 1.29 is 14.3 Å². The second kappa shape index (κ2) is 11.0. The van der Waals surface area contributed by atoms with Gasteiger partial charge in [-0.05, 0) is 56.3 Å². The highest BCUT2D eigenvalue weighted by atomic mass is 35.5. The summed E-state index contributed by atoms with van der Waals surface area (Å²) in [6, 6.07) is 13.5. The molecule has 0 saturated heterocycles. The molecule has 0 bridgehead atoms. The maximum absolute atomic E-state index is 12.6. The number of nitrogens with zero attached hydrogens (tertiary/aromatic N) is 3. The Morgan fingerprint density at radius 1 is 1.19 bits per heavy atom. The fourth-order valence-corrected chi connectivity index (χ4v) is 4.00. The van der Waals surface area contributed by atoms with E-state index in [4.69, 9.17) is 16.3 Å². The summed E-state index contributed by atoms with van der Waals surface area (Å²) in [6.07, 6.45) is 0. The summed E-state index contributed by atoms with van der Waals surface area (Å²) < 4.78 is 7.01. The molecule has 0 fully saturated rings. The quantitative estimate of drug-likeness (QED) is 0.452. The topological polar surface area (TPSA) is 98.1 Å². The normalized spacial score (nSPS) is 11.6. The van der Waals surface area contributed by atoms with Crippen LogP contribution in [0.2, 0.25) is 5.02 Å². The maximum atomic E-state index is 12.6. The lowest BCUT2D eigenvalue weighted by Gasteiger charge is -2.15. The van der Waals surface area contributed by atoms with E-state index in [-0.39, 0.29) is 23.6 Å². The lowest BCUT2D eigenvalue weighted by Crippen LogP contribution is -2.28. The van der Waals surface area contributed by atoms with Crippen LogP contribution in [0.1, 0.15) is 36.1 Å². The molecule has 32 heavy (non-hydrogen) atoms. The number of amides is 2. The van der Waals surface area contributed by atoms with Gasteiger partial charge in [-0.25, -0.2) is 0 Å². The van der Waals surface area contributed by atoms with Crippen LogP contribution >= 0.6 is 23.4 Å². The Hall–Kier alpha value is -3.04. The fraction of sp³-hybridized carbons (Fsp3) is 0.273. The average Bonchev–Trinajstić information content (AvgIpc) is 3.21. The van der Waals surface area contributed by atoms with Gasteiger partial charge in [0.2, 0.25) is 5.91 Å². The standard InChI is InChI=1S/C22H24ClN5O3S/c1-4-28-20(14(2)24-21(30)15-8-10-18(31-3)11-9-15)26-27-22(28)32-13-19(29)25-17-7-5-6-16(23)12-17/h5-12,14H,4,13H2,1-3H3,(H,24,30)(H,25,29)/t14-/m1/s1. The molecule has 1 atom stereocenters. The Balaban J connectivity index is 1.61. The van der Waals surface area contributed by atoms with Crippen molar-refractivity contribution in [1.82, 2.24) is 20.1 Å². The van der Waals surface area contributed by atoms with Gasteiger partial charge in [-0.1, -0.05) is 29.4 Å². The second-order valence-electron chi connectivity index (χ2n) is 6.86. The van der Waals surface area contributed by atoms with Gasteiger partial charge in [0.25, 0.3) is 5.91 Å². The van der Waals surface area contributed by atoms with Crippen LogP contribution in [0.25, 0.3) is 0 Å². The van der Waals surface area contributed by atoms with E-state index in [1.807, 2.05) is 18.4 Å². The molecule has 0 aliphatic carbocycles. The van der Waals surface area contributed by atoms with Gasteiger partial charge in [-0.2, -0.15) is 0 Å². The first kappa shape index (κ1) is 23.6. The van der Waals surface area contributed by atoms with Crippen LogP contribution in [0.4, 0.5) is 5.69 Å². The molecule has 0 radical (unpaired) electrons. The van der Waals surface area contributed by atoms with Crippen LogP contribution in [0.3, 0.4) is 0 Å². The third-order valence-electron chi connectivity index (χ3n) is 4.59. The van der Waals surface area contributed by atoms with Gasteiger partial charge in [0.05, 0.1) is 18.9 Å². The predicted octanol–water partition coefficient (Wildman–Crippen LogP) is 4.18. The zero-order valence-corrected chi connectivity index (χ0v) is 19.5. The molecule has 0 unspecified atom stereocenters. The van der Waals surface area contributed by atoms with E-state index in [1.165, 1.54) is 11.8 Å². The van der Waals surface area contributed by atoms with Gasteiger partial charge >= 0.3 is 0 Å². The van der Waals surface area contributed by atoms with Crippen molar-refractivity contribution >= 4 is 40.9 Å². The summed E-state index contributed by atoms with van der Waals surface area (Å²) in [4.78, 5) is 24.9. The molecule has 0 saturated carbocycles. The summed E-state index contributed by atoms with van der Waals surface area (Å²) >= 11 is 7.23. The van der Waals surface area contributed by atoms with Gasteiger partial charge < -0.3 is 19.9 Å². The Morgan fingerprint density at radius 3 is 2.59 bits per heavy atom. The number of carbonyl (C=O) groups excluding carboxylic acids is 2. The number of carbonyl (C=O) groups is 2. The lowest BCUT2D eigenvalue weighted by atomic mass is 10.2. The number of halogens is 1. The summed E-state index contributed by atoms with van der Waals surface area (Å²) in [5, 5.41) is 15.4. The molecule has 3 rings (SSSR count). The fourth-order valence-electron chi connectivity index (χ4n) is 3.00. The molecule has 168 valence electrons. The minimum atomic E-state index is -0.369. The number of rotatable bonds is 9. The van der Waals surface area contributed by atoms with Gasteiger partial charge in [0.15, 0.2) is 11.0 Å². The molecule has 10 heteroatoms. The smallest absolute Gasteiger partial charge is 0.251 e. The van der Waals surface area contributed by atoms with Crippen LogP contribution in [0, 0.1) is 0 Å². The number of hydrogen-bond donors (Lipinski definition) is 2. The molecular weight excluding hydrogens is 450 g/mol. The molecule has 1 heterocycles. The van der Waals surface area contributed by atoms with E-state index in [2.05, 4.69) is 20.8 Å². The number of ether oxygens (including phenoxy) is 1. The van der Waals surface area contributed by atoms with E-state index in [0.717, 1.165) is 0 Å². The molecule has 0 aliphatic rings. The molecule has 2 N–H and O–H groups in total. The lowest BCUT2D eigenvalue weighted by molar-refractivity contribution is -0.113. The van der Waals surface area contributed by atoms with Gasteiger partial charge in [0.1, 0.15) is 5.75 Å². The molecule has 2 amide bonds. The van der Waals surface area contributed by atoms with E-state index in [0.29, 0.717) is 39.5 Å². The van der Waals surface area contributed by atoms with E-state index in [9.17, 15) is 9.59 Å². The number of anilines is 1. The Morgan fingerprint density at radius 2 is 1.94 bits per heavy atom. The molecule has 0 spiro atoms. The van der Waals surface area contributed by atoms with Crippen LogP contribution in [0.5, 0.6) is 5.75 Å². The van der Waals surface area contributed by atoms with Crippen LogP contribution in [-0.4, -0.2) is 39.4 Å². The predicted molar refractivity (Wildman–Crippen MR) is 125 cm³/mol. The van der Waals surface area contributed by atoms with Crippen molar-refractivity contribution in [3.05, 3.63) is 64.9 Å². The van der Waals surface area contributed by atoms with Crippen molar-refractivity contribution in [3.8, 4) is 5.75 Å². The molecule has 0 aliphatic heterocycles. The summed E-state index contributed by atoms with van der Waals surface area (Å²) in [5.41, 5.74) is 1.16. The number of benzene rings is 2. The number of nitrogens with one attached hydrogen (secondary N) is 2. The number of thioether (sulfide) groups is 1. The Kier molecular flexibility index (Phi) is 8.13. The highest BCUT2D eigenvalue weighted by Crippen LogP contribution is 2.22. The van der Waals surface area contributed by atoms with Crippen LogP contribution in [-0.2, 0) is 11.3 Å². The first-order chi connectivity index (χ1) is 15.4. The van der Waals surface area contributed by atoms with Crippen molar-refractivity contribution in [2.75, 3.05) is 18.2 Å². The van der Waals surface area contributed by atoms with Crippen molar-refractivity contribution in [1.29, 1.82) is 0 Å². The molecule has 2 aromatic carbocycles. The second-order valence-corrected chi connectivity index (χ2v) is 8.23. The zero-order chi connectivity index (χ0) is 23.1. The summed E-state index contributed by atoms with van der Waals surface area (Å²) in [5.74, 6) is 1.07. The molecule has 8 nitrogen and oxygen atoms in total. The largest absolute Gasteiger partial charge is 0.497 e. The summed E-state index contributed by atoms with van der Waals surface area (Å²) in [6.45, 7) is 4.40. The van der Waals surface area contributed by atoms with Crippen LogP contribution < -0.4 is 15.4 Å². The van der Waals surface area contributed by atoms with Gasteiger partial charge in [-0.3, -0.25) is 9.59 Å². The highest BCUT2D eigenvalue weighted by molar-refractivity contribution is 7.99. The first-order valence-electron chi connectivity index (χ1n) is 9.97. The van der Waals surface area contributed by atoms with E-state index in [1.54, 1.807) is 55.6 Å². The SMILES string of the molecule is CCn1c(SCC(=O)Nc2cccc(Cl)c2)nnc1[C@@H](C)NC(=O)c1ccc(OC)cc1. The van der Waals surface area contributed by atoms with Crippen molar-refractivity contribution in [3.63, 3.8) is 0 Å². The first-order valence-corrected chi connectivity index (χ1v) is 11.3. The Labute approximate surface area is 195 Å². The van der Waals surface area contributed by atoms with Crippen molar-refractivity contribution in [2.24, 2.45) is 0 Å². The summed E-state index contributed by atoms with van der Waals surface area (Å²) in [7, 11) is 1.57. The minimum Gasteiger partial charge on any atom is -0.497 e. The maximum Gasteiger partial charge on any atom is 0.251 e. The Bertz CT molecular complexity index is 1090. The third kappa shape index (κ3) is 6.02. The molecular formula is C22H24ClN5O3S. The highest BCUT2D eigenvalue weighted by Gasteiger charge is 2.20.